The van der Waals surface area contributed by atoms with E-state index in [1.54, 1.807) is 7.11 Å². The fourth-order valence-electron chi connectivity index (χ4n) is 11.6. The first-order chi connectivity index (χ1) is 35.9. The number of piperidine rings is 1. The number of nitrogens with zero attached hydrogens (tertiary/aromatic N) is 2. The zero-order chi connectivity index (χ0) is 50.3. The molecule has 0 saturated carbocycles. The third-order valence-electron chi connectivity index (χ3n) is 14.9. The second-order valence-corrected chi connectivity index (χ2v) is 21.8. The maximum Gasteiger partial charge on any atom is 0.234 e. The topological polar surface area (TPSA) is 73.9 Å². The number of thioether (sulfide) groups is 2. The van der Waals surface area contributed by atoms with E-state index < -0.39 is 9.49 Å². The number of amides is 2. The third-order valence-corrected chi connectivity index (χ3v) is 17.9. The molecule has 2 heterocycles. The summed E-state index contributed by atoms with van der Waals surface area (Å²) in [6.07, 6.45) is 3.60. The fraction of sp³-hybridized carbons (Fsp3) is 0.302. The Morgan fingerprint density at radius 3 is 1.51 bits per heavy atom. The van der Waals surface area contributed by atoms with Crippen LogP contribution in [0.4, 0.5) is 4.39 Å². The van der Waals surface area contributed by atoms with E-state index >= 15 is 0 Å². The van der Waals surface area contributed by atoms with Crippen LogP contribution in [0.3, 0.4) is 0 Å². The Bertz CT molecular complexity index is 2590. The lowest BCUT2D eigenvalue weighted by molar-refractivity contribution is -0.131. The Morgan fingerprint density at radius 1 is 0.603 bits per heavy atom. The highest BCUT2D eigenvalue weighted by molar-refractivity contribution is 8.00. The van der Waals surface area contributed by atoms with Crippen molar-refractivity contribution in [3.8, 4) is 0 Å². The monoisotopic (exact) mass is 1010 g/mol. The van der Waals surface area contributed by atoms with Gasteiger partial charge in [-0.2, -0.15) is 0 Å². The SMILES string of the molecule is COCNC(=O)[C@H]1[C@@H](c2ccc(F)cc2)CC2CC[C@H]1N2CCCN(CCSC(c1ccccc1)(c1ccccc1)c1ccccc1)CC(=O)NCCSC(c1ccccc1)(c1ccccc1)c1ccccc1. The Balaban J connectivity index is 0.937. The van der Waals surface area contributed by atoms with Gasteiger partial charge in [-0.15, -0.1) is 23.5 Å². The Morgan fingerprint density at radius 2 is 1.05 bits per heavy atom. The van der Waals surface area contributed by atoms with Crippen LogP contribution in [0.2, 0.25) is 0 Å². The number of methoxy groups -OCH3 is 1. The lowest BCUT2D eigenvalue weighted by Crippen LogP contribution is -2.53. The molecule has 0 spiro atoms. The Labute approximate surface area is 440 Å². The smallest absolute Gasteiger partial charge is 0.234 e. The first-order valence-corrected chi connectivity index (χ1v) is 27.8. The molecule has 2 aliphatic heterocycles. The van der Waals surface area contributed by atoms with E-state index in [2.05, 4.69) is 202 Å². The zero-order valence-corrected chi connectivity index (χ0v) is 43.4. The number of rotatable bonds is 24. The van der Waals surface area contributed by atoms with Gasteiger partial charge in [0.25, 0.3) is 0 Å². The largest absolute Gasteiger partial charge is 0.364 e. The number of nitrogens with one attached hydrogen (secondary N) is 2. The number of fused-ring (bicyclic) bond motifs is 2. The van der Waals surface area contributed by atoms with Gasteiger partial charge >= 0.3 is 0 Å². The second kappa shape index (κ2) is 25.3. The summed E-state index contributed by atoms with van der Waals surface area (Å²) in [4.78, 5) is 33.2. The van der Waals surface area contributed by atoms with Crippen molar-refractivity contribution in [2.45, 2.75) is 53.2 Å². The van der Waals surface area contributed by atoms with Crippen LogP contribution < -0.4 is 10.6 Å². The molecule has 9 rings (SSSR count). The fourth-order valence-corrected chi connectivity index (χ4v) is 14.6. The van der Waals surface area contributed by atoms with Crippen LogP contribution in [0.25, 0.3) is 0 Å². The number of carbonyl (C=O) groups is 2. The predicted octanol–water partition coefficient (Wildman–Crippen LogP) is 11.7. The quantitative estimate of drug-likeness (QED) is 0.0355. The van der Waals surface area contributed by atoms with Gasteiger partial charge in [0.1, 0.15) is 12.5 Å². The highest BCUT2D eigenvalue weighted by Crippen LogP contribution is 2.50. The van der Waals surface area contributed by atoms with Crippen molar-refractivity contribution < 1.29 is 18.7 Å². The minimum Gasteiger partial charge on any atom is -0.364 e. The van der Waals surface area contributed by atoms with Crippen LogP contribution in [0, 0.1) is 11.7 Å². The van der Waals surface area contributed by atoms with Crippen LogP contribution in [0.1, 0.15) is 70.5 Å². The molecule has 7 aromatic carbocycles. The molecule has 2 saturated heterocycles. The average Bonchev–Trinajstić information content (AvgIpc) is 3.72. The highest BCUT2D eigenvalue weighted by Gasteiger charge is 2.50. The molecule has 73 heavy (non-hydrogen) atoms. The van der Waals surface area contributed by atoms with Crippen LogP contribution in [-0.2, 0) is 23.8 Å². The molecule has 2 bridgehead atoms. The second-order valence-electron chi connectivity index (χ2n) is 19.2. The normalized spacial score (nSPS) is 17.8. The first kappa shape index (κ1) is 51.9. The van der Waals surface area contributed by atoms with Crippen molar-refractivity contribution >= 4 is 35.3 Å². The number of hydrogen-bond donors (Lipinski definition) is 2. The van der Waals surface area contributed by atoms with Crippen molar-refractivity contribution in [3.05, 3.63) is 251 Å². The lowest BCUT2D eigenvalue weighted by Gasteiger charge is -2.44. The van der Waals surface area contributed by atoms with Gasteiger partial charge in [-0.25, -0.2) is 4.39 Å². The zero-order valence-electron chi connectivity index (χ0n) is 41.7. The molecule has 4 atom stereocenters. The molecule has 376 valence electrons. The molecule has 2 amide bonds. The summed E-state index contributed by atoms with van der Waals surface area (Å²) in [6.45, 7) is 3.14. The highest BCUT2D eigenvalue weighted by atomic mass is 32.2. The van der Waals surface area contributed by atoms with Gasteiger partial charge in [-0.05, 0) is 95.8 Å². The van der Waals surface area contributed by atoms with Gasteiger partial charge in [-0.1, -0.05) is 194 Å². The molecule has 2 fully saturated rings. The summed E-state index contributed by atoms with van der Waals surface area (Å²) in [5, 5.41) is 6.37. The van der Waals surface area contributed by atoms with E-state index in [9.17, 15) is 14.0 Å². The molecule has 0 aliphatic carbocycles. The summed E-state index contributed by atoms with van der Waals surface area (Å²) in [6, 6.07) is 71.5. The van der Waals surface area contributed by atoms with Crippen LogP contribution in [0.15, 0.2) is 206 Å². The molecule has 7 nitrogen and oxygen atoms in total. The number of ether oxygens (including phenoxy) is 1. The number of carbonyl (C=O) groups excluding carboxylic acids is 2. The van der Waals surface area contributed by atoms with E-state index in [-0.39, 0.29) is 48.8 Å². The average molecular weight is 1010 g/mol. The van der Waals surface area contributed by atoms with Crippen molar-refractivity contribution in [1.29, 1.82) is 0 Å². The summed E-state index contributed by atoms with van der Waals surface area (Å²) in [7, 11) is 1.58. The summed E-state index contributed by atoms with van der Waals surface area (Å²) in [5.41, 5.74) is 8.22. The molecule has 10 heteroatoms. The van der Waals surface area contributed by atoms with Gasteiger partial charge in [0.15, 0.2) is 0 Å². The number of halogens is 1. The minimum atomic E-state index is -0.482. The number of hydrogen-bond acceptors (Lipinski definition) is 7. The molecule has 7 aromatic rings. The molecule has 0 radical (unpaired) electrons. The van der Waals surface area contributed by atoms with Crippen molar-refractivity contribution in [3.63, 3.8) is 0 Å². The lowest BCUT2D eigenvalue weighted by atomic mass is 9.75. The van der Waals surface area contributed by atoms with Crippen LogP contribution >= 0.6 is 23.5 Å². The summed E-state index contributed by atoms with van der Waals surface area (Å²) in [5.74, 6) is 0.872. The molecular weight excluding hydrogens is 944 g/mol. The first-order valence-electron chi connectivity index (χ1n) is 25.8. The van der Waals surface area contributed by atoms with Crippen molar-refractivity contribution in [1.82, 2.24) is 20.4 Å². The summed E-state index contributed by atoms with van der Waals surface area (Å²) >= 11 is 3.77. The molecule has 1 unspecified atom stereocenters. The van der Waals surface area contributed by atoms with E-state index in [1.165, 1.54) is 45.5 Å². The molecule has 2 N–H and O–H groups in total. The number of benzene rings is 7. The predicted molar refractivity (Wildman–Crippen MR) is 298 cm³/mol. The third kappa shape index (κ3) is 12.0. The van der Waals surface area contributed by atoms with Gasteiger partial charge < -0.3 is 15.4 Å². The maximum absolute atomic E-state index is 14.3. The minimum absolute atomic E-state index is 0.00540. The van der Waals surface area contributed by atoms with Gasteiger partial charge in [0.2, 0.25) is 11.8 Å². The molecule has 2 aliphatic rings. The Kier molecular flexibility index (Phi) is 18.0. The van der Waals surface area contributed by atoms with Gasteiger partial charge in [0.05, 0.1) is 22.0 Å². The Hall–Kier alpha value is -6.01. The van der Waals surface area contributed by atoms with Gasteiger partial charge in [0, 0.05) is 43.8 Å². The van der Waals surface area contributed by atoms with E-state index in [4.69, 9.17) is 4.74 Å². The molecule has 0 aromatic heterocycles. The van der Waals surface area contributed by atoms with E-state index in [1.807, 2.05) is 35.7 Å². The van der Waals surface area contributed by atoms with E-state index in [0.29, 0.717) is 24.9 Å². The standard InChI is InChI=1S/C63H67FN4O3S2/c1-71-47-66-61(70)60-57(48-33-35-55(64)36-34-48)45-56-37-38-58(60)68(56)41-20-40-67(42-44-73-63(52-27-14-5-15-28-52,53-29-16-6-17-30-53)54-31-18-7-19-32-54)46-59(69)65-39-43-72-62(49-21-8-2-9-22-49,50-23-10-3-11-24-50)51-25-12-4-13-26-51/h2-19,21-36,56-58,60H,20,37-47H2,1H3,(H,65,69)(H,66,70)/t56?,57-,58-,60+/m1/s1. The van der Waals surface area contributed by atoms with Gasteiger partial charge in [-0.3, -0.25) is 19.4 Å². The van der Waals surface area contributed by atoms with E-state index in [0.717, 1.165) is 50.1 Å². The van der Waals surface area contributed by atoms with Crippen LogP contribution in [0.5, 0.6) is 0 Å². The molecular formula is C63H67FN4O3S2. The maximum atomic E-state index is 14.3. The van der Waals surface area contributed by atoms with Crippen molar-refractivity contribution in [2.75, 3.05) is 58.1 Å². The van der Waals surface area contributed by atoms with Crippen molar-refractivity contribution in [2.24, 2.45) is 5.92 Å². The van der Waals surface area contributed by atoms with Crippen LogP contribution in [-0.4, -0.2) is 91.8 Å². The summed E-state index contributed by atoms with van der Waals surface area (Å²) < 4.78 is 18.4.